The molecule has 1 N–H and O–H groups in total. The number of hydrogen-bond donors (Lipinski definition) is 1. The molecule has 122 valence electrons. The Hall–Kier alpha value is -0.890. The molecule has 0 atom stereocenters. The van der Waals surface area contributed by atoms with Crippen molar-refractivity contribution < 1.29 is 4.39 Å². The van der Waals surface area contributed by atoms with Crippen molar-refractivity contribution >= 4 is 0 Å². The third kappa shape index (κ3) is 4.10. The van der Waals surface area contributed by atoms with E-state index in [4.69, 9.17) is 0 Å². The topological polar surface area (TPSA) is 12.0 Å². The fraction of sp³-hybridized carbons (Fsp3) is 0.700. The van der Waals surface area contributed by atoms with Gasteiger partial charge in [0, 0.05) is 0 Å². The second-order valence-corrected chi connectivity index (χ2v) is 7.49. The summed E-state index contributed by atoms with van der Waals surface area (Å²) in [5.41, 5.74) is 1.93. The van der Waals surface area contributed by atoms with Crippen LogP contribution >= 0.6 is 0 Å². The first-order valence-corrected chi connectivity index (χ1v) is 9.18. The molecule has 0 unspecified atom stereocenters. The number of rotatable bonds is 4. The number of halogens is 1. The van der Waals surface area contributed by atoms with E-state index in [2.05, 4.69) is 11.4 Å². The molecule has 0 spiro atoms. The molecule has 1 saturated heterocycles. The van der Waals surface area contributed by atoms with Crippen LogP contribution < -0.4 is 5.32 Å². The van der Waals surface area contributed by atoms with Gasteiger partial charge in [-0.3, -0.25) is 0 Å². The monoisotopic (exact) mass is 303 g/mol. The van der Waals surface area contributed by atoms with E-state index in [0.717, 1.165) is 29.7 Å². The molecular weight excluding hydrogens is 273 g/mol. The maximum Gasteiger partial charge on any atom is 0.126 e. The predicted molar refractivity (Wildman–Crippen MR) is 90.5 cm³/mol. The number of nitrogens with one attached hydrogen (secondary N) is 1. The highest BCUT2D eigenvalue weighted by Crippen LogP contribution is 2.38. The first-order chi connectivity index (χ1) is 10.7. The van der Waals surface area contributed by atoms with Gasteiger partial charge in [-0.15, -0.1) is 0 Å². The van der Waals surface area contributed by atoms with Crippen molar-refractivity contribution in [2.75, 3.05) is 13.1 Å². The summed E-state index contributed by atoms with van der Waals surface area (Å²) in [5.74, 6) is 2.78. The number of benzene rings is 1. The SMILES string of the molecule is Cc1ccc(CCC2CCC(C3CCNCC3)CC2)cc1F. The zero-order valence-electron chi connectivity index (χ0n) is 13.9. The van der Waals surface area contributed by atoms with Gasteiger partial charge in [0.05, 0.1) is 0 Å². The molecule has 1 aliphatic carbocycles. The van der Waals surface area contributed by atoms with E-state index >= 15 is 0 Å². The van der Waals surface area contributed by atoms with Gasteiger partial charge in [0.1, 0.15) is 5.82 Å². The Morgan fingerprint density at radius 2 is 1.68 bits per heavy atom. The molecule has 0 aromatic heterocycles. The normalized spacial score (nSPS) is 27.0. The lowest BCUT2D eigenvalue weighted by Gasteiger charge is -2.36. The minimum atomic E-state index is -0.0490. The smallest absolute Gasteiger partial charge is 0.126 e. The van der Waals surface area contributed by atoms with Crippen LogP contribution in [0.15, 0.2) is 18.2 Å². The Morgan fingerprint density at radius 3 is 2.36 bits per heavy atom. The third-order valence-corrected chi connectivity index (χ3v) is 6.02. The van der Waals surface area contributed by atoms with Gasteiger partial charge in [-0.25, -0.2) is 4.39 Å². The summed E-state index contributed by atoms with van der Waals surface area (Å²) in [4.78, 5) is 0. The average molecular weight is 303 g/mol. The molecule has 2 aliphatic rings. The molecule has 3 rings (SSSR count). The second-order valence-electron chi connectivity index (χ2n) is 7.49. The lowest BCUT2D eigenvalue weighted by atomic mass is 9.72. The zero-order chi connectivity index (χ0) is 15.4. The second kappa shape index (κ2) is 7.59. The van der Waals surface area contributed by atoms with Gasteiger partial charge in [-0.1, -0.05) is 25.0 Å². The standard InChI is InChI=1S/C20H30FN/c1-15-2-3-17(14-20(15)21)5-4-16-6-8-18(9-7-16)19-10-12-22-13-11-19/h2-3,14,16,18-19,22H,4-13H2,1H3. The van der Waals surface area contributed by atoms with Gasteiger partial charge in [0.25, 0.3) is 0 Å². The van der Waals surface area contributed by atoms with Crippen LogP contribution in [-0.4, -0.2) is 13.1 Å². The van der Waals surface area contributed by atoms with E-state index in [1.807, 2.05) is 13.0 Å². The van der Waals surface area contributed by atoms with Crippen LogP contribution in [-0.2, 0) is 6.42 Å². The van der Waals surface area contributed by atoms with Crippen molar-refractivity contribution in [3.05, 3.63) is 35.1 Å². The summed E-state index contributed by atoms with van der Waals surface area (Å²) in [7, 11) is 0. The van der Waals surface area contributed by atoms with Crippen LogP contribution in [0, 0.1) is 30.5 Å². The van der Waals surface area contributed by atoms with Crippen molar-refractivity contribution in [2.45, 2.75) is 58.3 Å². The van der Waals surface area contributed by atoms with Crippen LogP contribution in [0.1, 0.15) is 56.1 Å². The van der Waals surface area contributed by atoms with Gasteiger partial charge in [-0.2, -0.15) is 0 Å². The van der Waals surface area contributed by atoms with Gasteiger partial charge in [0.15, 0.2) is 0 Å². The first-order valence-electron chi connectivity index (χ1n) is 9.18. The quantitative estimate of drug-likeness (QED) is 0.836. The van der Waals surface area contributed by atoms with Crippen LogP contribution in [0.25, 0.3) is 0 Å². The Bertz CT molecular complexity index is 471. The Kier molecular flexibility index (Phi) is 5.51. The van der Waals surface area contributed by atoms with E-state index in [0.29, 0.717) is 0 Å². The van der Waals surface area contributed by atoms with E-state index in [-0.39, 0.29) is 5.82 Å². The largest absolute Gasteiger partial charge is 0.317 e. The molecule has 1 aromatic rings. The lowest BCUT2D eigenvalue weighted by Crippen LogP contribution is -2.33. The maximum absolute atomic E-state index is 13.6. The van der Waals surface area contributed by atoms with Crippen molar-refractivity contribution in [3.63, 3.8) is 0 Å². The molecular formula is C20H30FN. The van der Waals surface area contributed by atoms with Crippen LogP contribution in [0.3, 0.4) is 0 Å². The Morgan fingerprint density at radius 1 is 1.00 bits per heavy atom. The van der Waals surface area contributed by atoms with Crippen molar-refractivity contribution in [1.29, 1.82) is 0 Å². The average Bonchev–Trinajstić information content (AvgIpc) is 2.57. The van der Waals surface area contributed by atoms with Crippen molar-refractivity contribution in [3.8, 4) is 0 Å². The van der Waals surface area contributed by atoms with E-state index < -0.39 is 0 Å². The Labute approximate surface area is 134 Å². The number of hydrogen-bond acceptors (Lipinski definition) is 1. The van der Waals surface area contributed by atoms with E-state index in [1.54, 1.807) is 6.07 Å². The molecule has 0 amide bonds. The van der Waals surface area contributed by atoms with Crippen LogP contribution in [0.2, 0.25) is 0 Å². The predicted octanol–water partition coefficient (Wildman–Crippen LogP) is 4.87. The molecule has 1 saturated carbocycles. The molecule has 2 heteroatoms. The fourth-order valence-electron chi connectivity index (χ4n) is 4.43. The third-order valence-electron chi connectivity index (χ3n) is 6.02. The lowest BCUT2D eigenvalue weighted by molar-refractivity contribution is 0.169. The Balaban J connectivity index is 1.42. The molecule has 1 aromatic carbocycles. The van der Waals surface area contributed by atoms with Gasteiger partial charge in [0.2, 0.25) is 0 Å². The zero-order valence-corrected chi connectivity index (χ0v) is 13.9. The highest BCUT2D eigenvalue weighted by Gasteiger charge is 2.28. The summed E-state index contributed by atoms with van der Waals surface area (Å²) >= 11 is 0. The van der Waals surface area contributed by atoms with Crippen LogP contribution in [0.4, 0.5) is 4.39 Å². The number of piperidine rings is 1. The van der Waals surface area contributed by atoms with Gasteiger partial charge < -0.3 is 5.32 Å². The minimum Gasteiger partial charge on any atom is -0.317 e. The molecule has 1 heterocycles. The van der Waals surface area contributed by atoms with E-state index in [1.165, 1.54) is 63.6 Å². The minimum absolute atomic E-state index is 0.0490. The molecule has 1 nitrogen and oxygen atoms in total. The van der Waals surface area contributed by atoms with Crippen LogP contribution in [0.5, 0.6) is 0 Å². The molecule has 2 fully saturated rings. The highest BCUT2D eigenvalue weighted by molar-refractivity contribution is 5.23. The maximum atomic E-state index is 13.6. The number of aryl methyl sites for hydroxylation is 2. The summed E-state index contributed by atoms with van der Waals surface area (Å²) in [6.45, 7) is 4.29. The first kappa shape index (κ1) is 16.0. The molecule has 22 heavy (non-hydrogen) atoms. The van der Waals surface area contributed by atoms with Gasteiger partial charge >= 0.3 is 0 Å². The van der Waals surface area contributed by atoms with Crippen molar-refractivity contribution in [2.24, 2.45) is 17.8 Å². The summed E-state index contributed by atoms with van der Waals surface area (Å²) in [6, 6.07) is 5.74. The summed E-state index contributed by atoms with van der Waals surface area (Å²) in [5, 5.41) is 3.48. The molecule has 0 radical (unpaired) electrons. The van der Waals surface area contributed by atoms with Crippen molar-refractivity contribution in [1.82, 2.24) is 5.32 Å². The molecule has 1 aliphatic heterocycles. The summed E-state index contributed by atoms with van der Waals surface area (Å²) < 4.78 is 13.6. The molecule has 0 bridgehead atoms. The fourth-order valence-corrected chi connectivity index (χ4v) is 4.43. The van der Waals surface area contributed by atoms with Gasteiger partial charge in [-0.05, 0) is 93.5 Å². The highest BCUT2D eigenvalue weighted by atomic mass is 19.1. The summed E-state index contributed by atoms with van der Waals surface area (Å²) in [6.07, 6.45) is 10.7. The van der Waals surface area contributed by atoms with E-state index in [9.17, 15) is 4.39 Å².